The third-order valence-corrected chi connectivity index (χ3v) is 9.38. The van der Waals surface area contributed by atoms with Gasteiger partial charge in [0.25, 0.3) is 5.91 Å². The first-order valence-corrected chi connectivity index (χ1v) is 13.9. The quantitative estimate of drug-likeness (QED) is 0.341. The molecule has 1 aliphatic heterocycles. The van der Waals surface area contributed by atoms with E-state index in [1.54, 1.807) is 29.4 Å². The number of fused-ring (bicyclic) bond motifs is 1. The minimum atomic E-state index is -3.56. The van der Waals surface area contributed by atoms with Crippen molar-refractivity contribution in [2.75, 3.05) is 18.0 Å². The Balaban J connectivity index is 1.48. The van der Waals surface area contributed by atoms with Crippen LogP contribution in [-0.4, -0.2) is 36.7 Å². The smallest absolute Gasteiger partial charge is 0.260 e. The van der Waals surface area contributed by atoms with Crippen LogP contribution in [-0.2, 0) is 16.6 Å². The van der Waals surface area contributed by atoms with E-state index < -0.39 is 10.0 Å². The zero-order valence-corrected chi connectivity index (χ0v) is 21.4. The van der Waals surface area contributed by atoms with Gasteiger partial charge in [-0.3, -0.25) is 9.69 Å². The maximum Gasteiger partial charge on any atom is 0.260 e. The highest BCUT2D eigenvalue weighted by molar-refractivity contribution is 7.89. The summed E-state index contributed by atoms with van der Waals surface area (Å²) in [5.74, 6) is 0.367. The SMILES string of the molecule is Cc1cc(C)c2sc(N(Cc3ccco3)C(=O)c3ccc(S(=O)(=O)N4CCCCC4)cc3)nc2c1. The Labute approximate surface area is 209 Å². The van der Waals surface area contributed by atoms with Crippen LogP contribution >= 0.6 is 11.3 Å². The molecule has 0 aliphatic carbocycles. The molecule has 7 nitrogen and oxygen atoms in total. The van der Waals surface area contributed by atoms with Crippen LogP contribution in [0, 0.1) is 13.8 Å². The van der Waals surface area contributed by atoms with Crippen LogP contribution in [0.2, 0.25) is 0 Å². The molecule has 0 spiro atoms. The Kier molecular flexibility index (Phi) is 6.48. The second-order valence-electron chi connectivity index (χ2n) is 8.89. The lowest BCUT2D eigenvalue weighted by Gasteiger charge is -2.26. The molecule has 2 aromatic carbocycles. The van der Waals surface area contributed by atoms with Crippen molar-refractivity contribution < 1.29 is 17.6 Å². The van der Waals surface area contributed by atoms with Crippen molar-refractivity contribution in [1.29, 1.82) is 0 Å². The molecular weight excluding hydrogens is 482 g/mol. The highest BCUT2D eigenvalue weighted by Gasteiger charge is 2.27. The standard InChI is InChI=1S/C26H27N3O4S2/c1-18-15-19(2)24-23(16-18)27-26(34-24)29(17-21-7-6-14-33-21)25(30)20-8-10-22(11-9-20)35(31,32)28-12-4-3-5-13-28/h6-11,14-16H,3-5,12-13,17H2,1-2H3. The van der Waals surface area contributed by atoms with Crippen LogP contribution < -0.4 is 4.90 Å². The van der Waals surface area contributed by atoms with Crippen LogP contribution in [0.15, 0.2) is 64.1 Å². The minimum absolute atomic E-state index is 0.208. The largest absolute Gasteiger partial charge is 0.467 e. The van der Waals surface area contributed by atoms with Gasteiger partial charge in [0.05, 0.1) is 27.9 Å². The van der Waals surface area contributed by atoms with Crippen LogP contribution in [0.3, 0.4) is 0 Å². The van der Waals surface area contributed by atoms with Crippen molar-refractivity contribution in [3.63, 3.8) is 0 Å². The number of hydrogen-bond acceptors (Lipinski definition) is 6. The number of carbonyl (C=O) groups excluding carboxylic acids is 1. The number of hydrogen-bond donors (Lipinski definition) is 0. The van der Waals surface area contributed by atoms with Crippen molar-refractivity contribution in [2.24, 2.45) is 0 Å². The predicted molar refractivity (Wildman–Crippen MR) is 137 cm³/mol. The van der Waals surface area contributed by atoms with Crippen molar-refractivity contribution in [2.45, 2.75) is 44.6 Å². The van der Waals surface area contributed by atoms with Gasteiger partial charge in [-0.15, -0.1) is 0 Å². The first-order valence-electron chi connectivity index (χ1n) is 11.7. The fourth-order valence-corrected chi connectivity index (χ4v) is 6.98. The molecule has 0 bridgehead atoms. The average Bonchev–Trinajstić information content (AvgIpc) is 3.53. The topological polar surface area (TPSA) is 83.7 Å². The van der Waals surface area contributed by atoms with Gasteiger partial charge in [0.15, 0.2) is 5.13 Å². The fourth-order valence-electron chi connectivity index (χ4n) is 4.44. The summed E-state index contributed by atoms with van der Waals surface area (Å²) in [6.45, 7) is 5.36. The molecule has 5 rings (SSSR count). The van der Waals surface area contributed by atoms with Crippen LogP contribution in [0.4, 0.5) is 5.13 Å². The van der Waals surface area contributed by atoms with E-state index in [0.29, 0.717) is 29.5 Å². The molecular formula is C26H27N3O4S2. The molecule has 0 unspecified atom stereocenters. The van der Waals surface area contributed by atoms with Gasteiger partial charge in [-0.25, -0.2) is 13.4 Å². The van der Waals surface area contributed by atoms with E-state index in [4.69, 9.17) is 9.40 Å². The number of sulfonamides is 1. The summed E-state index contributed by atoms with van der Waals surface area (Å²) >= 11 is 1.46. The number of rotatable bonds is 6. The molecule has 35 heavy (non-hydrogen) atoms. The average molecular weight is 510 g/mol. The number of carbonyl (C=O) groups is 1. The van der Waals surface area contributed by atoms with Gasteiger partial charge < -0.3 is 4.42 Å². The summed E-state index contributed by atoms with van der Waals surface area (Å²) in [7, 11) is -3.56. The number of piperidine rings is 1. The number of aryl methyl sites for hydroxylation is 2. The summed E-state index contributed by atoms with van der Waals surface area (Å²) < 4.78 is 34.1. The van der Waals surface area contributed by atoms with E-state index in [2.05, 4.69) is 6.07 Å². The summed E-state index contributed by atoms with van der Waals surface area (Å²) in [6.07, 6.45) is 4.37. The molecule has 0 N–H and O–H groups in total. The Hall–Kier alpha value is -3.01. The highest BCUT2D eigenvalue weighted by atomic mass is 32.2. The second kappa shape index (κ2) is 9.56. The summed E-state index contributed by atoms with van der Waals surface area (Å²) in [6, 6.07) is 13.9. The maximum absolute atomic E-state index is 13.7. The third kappa shape index (κ3) is 4.76. The van der Waals surface area contributed by atoms with E-state index in [-0.39, 0.29) is 17.3 Å². The summed E-state index contributed by atoms with van der Waals surface area (Å²) in [5, 5.41) is 0.570. The minimum Gasteiger partial charge on any atom is -0.467 e. The van der Waals surface area contributed by atoms with Crippen molar-refractivity contribution in [3.05, 3.63) is 77.2 Å². The molecule has 4 aromatic rings. The van der Waals surface area contributed by atoms with Crippen LogP contribution in [0.5, 0.6) is 0 Å². The monoisotopic (exact) mass is 509 g/mol. The molecule has 9 heteroatoms. The van der Waals surface area contributed by atoms with Gasteiger partial charge in [0.1, 0.15) is 5.76 Å². The van der Waals surface area contributed by atoms with Gasteiger partial charge in [-0.05, 0) is 80.3 Å². The highest BCUT2D eigenvalue weighted by Crippen LogP contribution is 2.34. The van der Waals surface area contributed by atoms with Crippen molar-refractivity contribution >= 4 is 42.6 Å². The van der Waals surface area contributed by atoms with E-state index in [0.717, 1.165) is 40.6 Å². The van der Waals surface area contributed by atoms with Gasteiger partial charge in [-0.1, -0.05) is 23.8 Å². The fraction of sp³-hybridized carbons (Fsp3) is 0.308. The van der Waals surface area contributed by atoms with Crippen LogP contribution in [0.25, 0.3) is 10.2 Å². The van der Waals surface area contributed by atoms with Crippen molar-refractivity contribution in [3.8, 4) is 0 Å². The third-order valence-electron chi connectivity index (χ3n) is 6.23. The molecule has 1 fully saturated rings. The molecule has 3 heterocycles. The predicted octanol–water partition coefficient (Wildman–Crippen LogP) is 5.53. The zero-order valence-electron chi connectivity index (χ0n) is 19.7. The lowest BCUT2D eigenvalue weighted by atomic mass is 10.1. The van der Waals surface area contributed by atoms with E-state index >= 15 is 0 Å². The molecule has 1 aliphatic rings. The molecule has 0 saturated carbocycles. The Morgan fingerprint density at radius 1 is 1.09 bits per heavy atom. The normalized spacial score (nSPS) is 14.9. The van der Waals surface area contributed by atoms with Crippen molar-refractivity contribution in [1.82, 2.24) is 9.29 Å². The Morgan fingerprint density at radius 3 is 2.51 bits per heavy atom. The lowest BCUT2D eigenvalue weighted by Crippen LogP contribution is -2.35. The molecule has 2 aromatic heterocycles. The van der Waals surface area contributed by atoms with Crippen LogP contribution in [0.1, 0.15) is 46.5 Å². The van der Waals surface area contributed by atoms with Gasteiger partial charge >= 0.3 is 0 Å². The number of aromatic nitrogens is 1. The van der Waals surface area contributed by atoms with Gasteiger partial charge in [0, 0.05) is 18.7 Å². The first kappa shape index (κ1) is 23.7. The molecule has 0 atom stereocenters. The van der Waals surface area contributed by atoms with E-state index in [1.807, 2.05) is 26.0 Å². The van der Waals surface area contributed by atoms with Gasteiger partial charge in [0.2, 0.25) is 10.0 Å². The molecule has 1 amide bonds. The molecule has 182 valence electrons. The number of furan rings is 1. The number of amides is 1. The number of thiazole rings is 1. The first-order chi connectivity index (χ1) is 16.8. The maximum atomic E-state index is 13.7. The summed E-state index contributed by atoms with van der Waals surface area (Å²) in [5.41, 5.74) is 3.46. The zero-order chi connectivity index (χ0) is 24.6. The van der Waals surface area contributed by atoms with Gasteiger partial charge in [-0.2, -0.15) is 4.31 Å². The number of benzene rings is 2. The number of nitrogens with zero attached hydrogens (tertiary/aromatic N) is 3. The number of anilines is 1. The molecule has 1 saturated heterocycles. The molecule has 0 radical (unpaired) electrons. The second-order valence-corrected chi connectivity index (χ2v) is 11.8. The Bertz CT molecular complexity index is 1450. The summed E-state index contributed by atoms with van der Waals surface area (Å²) in [4.78, 5) is 20.2. The lowest BCUT2D eigenvalue weighted by molar-refractivity contribution is 0.0983. The van der Waals surface area contributed by atoms with E-state index in [1.165, 1.54) is 27.8 Å². The van der Waals surface area contributed by atoms with E-state index in [9.17, 15) is 13.2 Å². The Morgan fingerprint density at radius 2 is 1.83 bits per heavy atom.